The number of fused-ring (bicyclic) bond motifs is 1. The molecule has 3 aromatic rings. The molecule has 1 aromatic carbocycles. The smallest absolute Gasteiger partial charge is 0.340 e. The minimum Gasteiger partial charge on any atom is -0.340 e. The van der Waals surface area contributed by atoms with Crippen molar-refractivity contribution in [2.75, 3.05) is 0 Å². The quantitative estimate of drug-likeness (QED) is 0.740. The summed E-state index contributed by atoms with van der Waals surface area (Å²) < 4.78 is 40.7. The molecule has 2 aromatic heterocycles. The van der Waals surface area contributed by atoms with Gasteiger partial charge >= 0.3 is 6.18 Å². The van der Waals surface area contributed by atoms with Crippen molar-refractivity contribution in [3.63, 3.8) is 0 Å². The van der Waals surface area contributed by atoms with Crippen LogP contribution in [0.2, 0.25) is 0 Å². The number of carbonyl (C=O) groups is 1. The van der Waals surface area contributed by atoms with E-state index in [-0.39, 0.29) is 17.5 Å². The number of aryl methyl sites for hydroxylation is 2. The molecule has 9 heteroatoms. The molecule has 1 atom stereocenters. The van der Waals surface area contributed by atoms with Gasteiger partial charge in [-0.2, -0.15) is 13.2 Å². The van der Waals surface area contributed by atoms with Crippen LogP contribution in [0.1, 0.15) is 46.5 Å². The zero-order valence-electron chi connectivity index (χ0n) is 15.3. The standard InChI is InChI=1S/C19H18F3N5O/c1-10-8-24-14(9-23-10)18(28)26-16(11-3-4-11)17-25-13-6-5-12(19(20,21)22)7-15(13)27(17)2/h5-9,11,16H,3-4H2,1-2H3,(H,26,28)/t16-/m0/s1. The van der Waals surface area contributed by atoms with Crippen molar-refractivity contribution in [2.45, 2.75) is 32.0 Å². The Hall–Kier alpha value is -2.97. The summed E-state index contributed by atoms with van der Waals surface area (Å²) in [6.45, 7) is 1.77. The highest BCUT2D eigenvalue weighted by Gasteiger charge is 2.37. The molecule has 1 amide bonds. The normalized spacial score (nSPS) is 15.6. The molecular formula is C19H18F3N5O. The summed E-state index contributed by atoms with van der Waals surface area (Å²) in [5.74, 6) is 0.345. The lowest BCUT2D eigenvalue weighted by atomic mass is 10.1. The monoisotopic (exact) mass is 389 g/mol. The number of amides is 1. The van der Waals surface area contributed by atoms with E-state index in [1.165, 1.54) is 18.5 Å². The summed E-state index contributed by atoms with van der Waals surface area (Å²) in [4.78, 5) is 25.2. The van der Waals surface area contributed by atoms with Crippen LogP contribution in [-0.2, 0) is 13.2 Å². The van der Waals surface area contributed by atoms with Gasteiger partial charge in [0.25, 0.3) is 5.91 Å². The summed E-state index contributed by atoms with van der Waals surface area (Å²) in [6, 6.07) is 3.07. The first-order chi connectivity index (χ1) is 13.2. The van der Waals surface area contributed by atoms with Crippen LogP contribution in [0.15, 0.2) is 30.6 Å². The van der Waals surface area contributed by atoms with Crippen molar-refractivity contribution in [3.8, 4) is 0 Å². The Morgan fingerprint density at radius 2 is 2.00 bits per heavy atom. The van der Waals surface area contributed by atoms with Crippen LogP contribution < -0.4 is 5.32 Å². The molecule has 4 rings (SSSR count). The summed E-state index contributed by atoms with van der Waals surface area (Å²) in [5.41, 5.74) is 0.998. The van der Waals surface area contributed by atoms with Gasteiger partial charge in [0.2, 0.25) is 0 Å². The van der Waals surface area contributed by atoms with Gasteiger partial charge in [-0.25, -0.2) is 9.97 Å². The van der Waals surface area contributed by atoms with Crippen molar-refractivity contribution in [1.82, 2.24) is 24.8 Å². The number of halogens is 3. The van der Waals surface area contributed by atoms with Crippen LogP contribution >= 0.6 is 0 Å². The van der Waals surface area contributed by atoms with E-state index in [2.05, 4.69) is 20.3 Å². The fraction of sp³-hybridized carbons (Fsp3) is 0.368. The van der Waals surface area contributed by atoms with E-state index in [9.17, 15) is 18.0 Å². The molecule has 0 radical (unpaired) electrons. The number of aromatic nitrogens is 4. The lowest BCUT2D eigenvalue weighted by Gasteiger charge is -2.18. The molecule has 1 aliphatic carbocycles. The first kappa shape index (κ1) is 18.4. The van der Waals surface area contributed by atoms with Gasteiger partial charge in [0, 0.05) is 13.2 Å². The second kappa shape index (κ2) is 6.57. The summed E-state index contributed by atoms with van der Waals surface area (Å²) in [5, 5.41) is 2.93. The molecule has 0 bridgehead atoms. The second-order valence-electron chi connectivity index (χ2n) is 7.06. The van der Waals surface area contributed by atoms with Gasteiger partial charge in [-0.1, -0.05) is 0 Å². The van der Waals surface area contributed by atoms with E-state index in [4.69, 9.17) is 0 Å². The van der Waals surface area contributed by atoms with Gasteiger partial charge in [-0.3, -0.25) is 9.78 Å². The van der Waals surface area contributed by atoms with E-state index < -0.39 is 17.8 Å². The van der Waals surface area contributed by atoms with Crippen LogP contribution in [0.3, 0.4) is 0 Å². The molecule has 1 fully saturated rings. The fourth-order valence-corrected chi connectivity index (χ4v) is 3.21. The number of rotatable bonds is 4. The average molecular weight is 389 g/mol. The van der Waals surface area contributed by atoms with Crippen molar-refractivity contribution in [2.24, 2.45) is 13.0 Å². The van der Waals surface area contributed by atoms with E-state index in [0.717, 1.165) is 25.0 Å². The number of carbonyl (C=O) groups excluding carboxylic acids is 1. The zero-order valence-corrected chi connectivity index (χ0v) is 15.3. The predicted molar refractivity (Wildman–Crippen MR) is 95.4 cm³/mol. The third kappa shape index (κ3) is 3.44. The molecule has 6 nitrogen and oxygen atoms in total. The predicted octanol–water partition coefficient (Wildman–Crippen LogP) is 3.57. The third-order valence-electron chi connectivity index (χ3n) is 4.91. The Kier molecular flexibility index (Phi) is 4.32. The van der Waals surface area contributed by atoms with Gasteiger partial charge < -0.3 is 9.88 Å². The van der Waals surface area contributed by atoms with Crippen LogP contribution in [0.25, 0.3) is 11.0 Å². The number of imidazole rings is 1. The molecule has 28 heavy (non-hydrogen) atoms. The molecular weight excluding hydrogens is 371 g/mol. The lowest BCUT2D eigenvalue weighted by molar-refractivity contribution is -0.137. The highest BCUT2D eigenvalue weighted by Crippen LogP contribution is 2.41. The van der Waals surface area contributed by atoms with Gasteiger partial charge in [-0.05, 0) is 43.9 Å². The fourth-order valence-electron chi connectivity index (χ4n) is 3.21. The lowest BCUT2D eigenvalue weighted by Crippen LogP contribution is -2.32. The largest absolute Gasteiger partial charge is 0.416 e. The maximum atomic E-state index is 13.0. The Balaban J connectivity index is 1.68. The molecule has 0 spiro atoms. The van der Waals surface area contributed by atoms with Gasteiger partial charge in [0.15, 0.2) is 0 Å². The van der Waals surface area contributed by atoms with Crippen LogP contribution in [0.5, 0.6) is 0 Å². The molecule has 0 aliphatic heterocycles. The van der Waals surface area contributed by atoms with E-state index in [0.29, 0.717) is 22.6 Å². The Morgan fingerprint density at radius 3 is 2.61 bits per heavy atom. The third-order valence-corrected chi connectivity index (χ3v) is 4.91. The average Bonchev–Trinajstić information content (AvgIpc) is 3.43. The number of hydrogen-bond acceptors (Lipinski definition) is 4. The van der Waals surface area contributed by atoms with Crippen molar-refractivity contribution < 1.29 is 18.0 Å². The zero-order chi connectivity index (χ0) is 20.1. The number of alkyl halides is 3. The van der Waals surface area contributed by atoms with Crippen LogP contribution in [0, 0.1) is 12.8 Å². The van der Waals surface area contributed by atoms with E-state index >= 15 is 0 Å². The van der Waals surface area contributed by atoms with E-state index in [1.807, 2.05) is 0 Å². The molecule has 0 saturated heterocycles. The molecule has 2 heterocycles. The van der Waals surface area contributed by atoms with Crippen LogP contribution in [0.4, 0.5) is 13.2 Å². The summed E-state index contributed by atoms with van der Waals surface area (Å²) in [7, 11) is 1.66. The van der Waals surface area contributed by atoms with Crippen molar-refractivity contribution in [1.29, 1.82) is 0 Å². The summed E-state index contributed by atoms with van der Waals surface area (Å²) >= 11 is 0. The second-order valence-corrected chi connectivity index (χ2v) is 7.06. The number of benzene rings is 1. The number of nitrogens with zero attached hydrogens (tertiary/aromatic N) is 4. The first-order valence-corrected chi connectivity index (χ1v) is 8.87. The first-order valence-electron chi connectivity index (χ1n) is 8.87. The Bertz CT molecular complexity index is 1040. The van der Waals surface area contributed by atoms with E-state index in [1.54, 1.807) is 18.5 Å². The molecule has 146 valence electrons. The number of hydrogen-bond donors (Lipinski definition) is 1. The van der Waals surface area contributed by atoms with Crippen LogP contribution in [-0.4, -0.2) is 25.4 Å². The topological polar surface area (TPSA) is 72.7 Å². The minimum absolute atomic E-state index is 0.189. The van der Waals surface area contributed by atoms with Gasteiger partial charge in [0.1, 0.15) is 11.5 Å². The molecule has 1 saturated carbocycles. The SMILES string of the molecule is Cc1cnc(C(=O)N[C@H](c2nc3ccc(C(F)(F)F)cc3n2C)C2CC2)cn1. The summed E-state index contributed by atoms with van der Waals surface area (Å²) in [6.07, 6.45) is 0.323. The Labute approximate surface area is 158 Å². The van der Waals surface area contributed by atoms with Crippen molar-refractivity contribution >= 4 is 16.9 Å². The highest BCUT2D eigenvalue weighted by molar-refractivity contribution is 5.92. The Morgan fingerprint density at radius 1 is 1.25 bits per heavy atom. The highest BCUT2D eigenvalue weighted by atomic mass is 19.4. The maximum absolute atomic E-state index is 13.0. The molecule has 0 unspecified atom stereocenters. The number of nitrogens with one attached hydrogen (secondary N) is 1. The minimum atomic E-state index is -4.42. The molecule has 1 N–H and O–H groups in total. The van der Waals surface area contributed by atoms with Crippen molar-refractivity contribution in [3.05, 3.63) is 53.4 Å². The van der Waals surface area contributed by atoms with Gasteiger partial charge in [-0.15, -0.1) is 0 Å². The van der Waals surface area contributed by atoms with Gasteiger partial charge in [0.05, 0.1) is 34.5 Å². The molecule has 1 aliphatic rings. The maximum Gasteiger partial charge on any atom is 0.416 e.